The zero-order chi connectivity index (χ0) is 14.9. The van der Waals surface area contributed by atoms with Gasteiger partial charge in [-0.15, -0.1) is 0 Å². The van der Waals surface area contributed by atoms with Crippen molar-refractivity contribution in [1.29, 1.82) is 0 Å². The van der Waals surface area contributed by atoms with E-state index in [9.17, 15) is 4.79 Å². The Bertz CT molecular complexity index is 244. The molecule has 0 bridgehead atoms. The van der Waals surface area contributed by atoms with Crippen molar-refractivity contribution in [2.75, 3.05) is 26.2 Å². The second-order valence-corrected chi connectivity index (χ2v) is 6.25. The van der Waals surface area contributed by atoms with Crippen molar-refractivity contribution in [3.63, 3.8) is 0 Å². The maximum absolute atomic E-state index is 11.7. The first kappa shape index (κ1) is 18.4. The molecule has 114 valence electrons. The highest BCUT2D eigenvalue weighted by Gasteiger charge is 2.14. The first-order chi connectivity index (χ1) is 8.78. The van der Waals surface area contributed by atoms with E-state index in [1.807, 2.05) is 20.8 Å². The smallest absolute Gasteiger partial charge is 0.234 e. The number of nitrogens with one attached hydrogen (secondary N) is 2. The van der Waals surface area contributed by atoms with Crippen molar-refractivity contribution < 1.29 is 4.79 Å². The third kappa shape index (κ3) is 11.0. The van der Waals surface area contributed by atoms with Gasteiger partial charge >= 0.3 is 0 Å². The van der Waals surface area contributed by atoms with Crippen LogP contribution in [0, 0.1) is 0 Å². The van der Waals surface area contributed by atoms with Gasteiger partial charge in [-0.2, -0.15) is 0 Å². The van der Waals surface area contributed by atoms with Gasteiger partial charge in [-0.05, 0) is 60.2 Å². The molecule has 0 aromatic carbocycles. The van der Waals surface area contributed by atoms with Crippen molar-refractivity contribution in [2.24, 2.45) is 0 Å². The van der Waals surface area contributed by atoms with Gasteiger partial charge in [-0.3, -0.25) is 4.79 Å². The van der Waals surface area contributed by atoms with Crippen LogP contribution in [0.5, 0.6) is 0 Å². The zero-order valence-corrected chi connectivity index (χ0v) is 13.7. The lowest BCUT2D eigenvalue weighted by atomic mass is 10.1. The number of hydrogen-bond acceptors (Lipinski definition) is 3. The number of nitrogens with zero attached hydrogens (tertiary/aromatic N) is 1. The molecule has 0 rings (SSSR count). The first-order valence-electron chi connectivity index (χ1n) is 7.55. The van der Waals surface area contributed by atoms with Crippen LogP contribution < -0.4 is 10.6 Å². The number of amides is 1. The van der Waals surface area contributed by atoms with Gasteiger partial charge < -0.3 is 15.5 Å². The molecule has 0 aliphatic heterocycles. The maximum Gasteiger partial charge on any atom is 0.234 e. The normalized spacial score (nSPS) is 13.6. The van der Waals surface area contributed by atoms with E-state index in [1.54, 1.807) is 0 Å². The number of carbonyl (C=O) groups is 1. The third-order valence-corrected chi connectivity index (χ3v) is 3.13. The molecular formula is C15H33N3O. The lowest BCUT2D eigenvalue weighted by Gasteiger charge is -2.22. The van der Waals surface area contributed by atoms with Crippen molar-refractivity contribution in [2.45, 2.75) is 66.0 Å². The molecule has 0 fully saturated rings. The zero-order valence-electron chi connectivity index (χ0n) is 13.7. The van der Waals surface area contributed by atoms with E-state index in [4.69, 9.17) is 0 Å². The summed E-state index contributed by atoms with van der Waals surface area (Å²) in [5.41, 5.74) is -0.148. The summed E-state index contributed by atoms with van der Waals surface area (Å²) in [6, 6.07) is 0.390. The second kappa shape index (κ2) is 9.32. The number of carbonyl (C=O) groups excluding carboxylic acids is 1. The molecule has 0 aromatic rings. The fourth-order valence-electron chi connectivity index (χ4n) is 1.99. The van der Waals surface area contributed by atoms with E-state index < -0.39 is 0 Å². The second-order valence-electron chi connectivity index (χ2n) is 6.25. The van der Waals surface area contributed by atoms with Crippen LogP contribution in [0.4, 0.5) is 0 Å². The summed E-state index contributed by atoms with van der Waals surface area (Å²) in [4.78, 5) is 14.1. The van der Waals surface area contributed by atoms with Gasteiger partial charge in [0.1, 0.15) is 0 Å². The Hall–Kier alpha value is -0.610. The first-order valence-corrected chi connectivity index (χ1v) is 7.55. The largest absolute Gasteiger partial charge is 0.350 e. The van der Waals surface area contributed by atoms with Crippen LogP contribution in [0.25, 0.3) is 0 Å². The highest BCUT2D eigenvalue weighted by molar-refractivity contribution is 5.78. The van der Waals surface area contributed by atoms with Crippen LogP contribution in [0.3, 0.4) is 0 Å². The lowest BCUT2D eigenvalue weighted by molar-refractivity contribution is -0.121. The van der Waals surface area contributed by atoms with E-state index in [0.717, 1.165) is 26.1 Å². The highest BCUT2D eigenvalue weighted by Crippen LogP contribution is 2.00. The topological polar surface area (TPSA) is 44.4 Å². The van der Waals surface area contributed by atoms with E-state index in [-0.39, 0.29) is 11.4 Å². The molecule has 0 saturated carbocycles. The van der Waals surface area contributed by atoms with E-state index in [0.29, 0.717) is 12.6 Å². The molecule has 0 spiro atoms. The Kier molecular flexibility index (Phi) is 9.02. The van der Waals surface area contributed by atoms with Gasteiger partial charge in [0, 0.05) is 11.6 Å². The molecule has 0 radical (unpaired) electrons. The molecule has 0 heterocycles. The van der Waals surface area contributed by atoms with Crippen LogP contribution >= 0.6 is 0 Å². The van der Waals surface area contributed by atoms with Gasteiger partial charge in [-0.1, -0.05) is 13.8 Å². The fourth-order valence-corrected chi connectivity index (χ4v) is 1.99. The molecule has 0 aliphatic rings. The summed E-state index contributed by atoms with van der Waals surface area (Å²) in [6.07, 6.45) is 2.29. The van der Waals surface area contributed by atoms with Crippen LogP contribution in [0.2, 0.25) is 0 Å². The molecule has 1 unspecified atom stereocenters. The average molecular weight is 271 g/mol. The lowest BCUT2D eigenvalue weighted by Crippen LogP contribution is -2.46. The van der Waals surface area contributed by atoms with Crippen molar-refractivity contribution >= 4 is 5.91 Å². The maximum atomic E-state index is 11.7. The monoisotopic (exact) mass is 271 g/mol. The number of rotatable bonds is 9. The van der Waals surface area contributed by atoms with Crippen molar-refractivity contribution in [3.05, 3.63) is 0 Å². The van der Waals surface area contributed by atoms with Crippen LogP contribution in [-0.4, -0.2) is 48.6 Å². The molecule has 0 saturated heterocycles. The predicted octanol–water partition coefficient (Wildman–Crippen LogP) is 2.00. The Morgan fingerprint density at radius 3 is 2.26 bits per heavy atom. The Morgan fingerprint density at radius 2 is 1.79 bits per heavy atom. The SMILES string of the molecule is CCN(CC)CCCC(C)NCC(=O)NC(C)(C)C. The van der Waals surface area contributed by atoms with Crippen molar-refractivity contribution in [1.82, 2.24) is 15.5 Å². The van der Waals surface area contributed by atoms with Gasteiger partial charge in [-0.25, -0.2) is 0 Å². The van der Waals surface area contributed by atoms with Gasteiger partial charge in [0.2, 0.25) is 5.91 Å². The minimum Gasteiger partial charge on any atom is -0.350 e. The van der Waals surface area contributed by atoms with Gasteiger partial charge in [0.25, 0.3) is 0 Å². The molecule has 4 nitrogen and oxygen atoms in total. The highest BCUT2D eigenvalue weighted by atomic mass is 16.2. The summed E-state index contributed by atoms with van der Waals surface area (Å²) in [5.74, 6) is 0.0723. The molecule has 0 aromatic heterocycles. The van der Waals surface area contributed by atoms with Crippen LogP contribution in [-0.2, 0) is 4.79 Å². The average Bonchev–Trinajstić information content (AvgIpc) is 2.30. The summed E-state index contributed by atoms with van der Waals surface area (Å²) < 4.78 is 0. The van der Waals surface area contributed by atoms with E-state index in [1.165, 1.54) is 6.42 Å². The third-order valence-electron chi connectivity index (χ3n) is 3.13. The standard InChI is InChI=1S/C15H33N3O/c1-7-18(8-2)11-9-10-13(3)16-12-14(19)17-15(4,5)6/h13,16H,7-12H2,1-6H3,(H,17,19). The minimum absolute atomic E-state index is 0.0723. The fraction of sp³-hybridized carbons (Fsp3) is 0.933. The summed E-state index contributed by atoms with van der Waals surface area (Å²) in [7, 11) is 0. The molecule has 1 amide bonds. The number of hydrogen-bond donors (Lipinski definition) is 2. The summed E-state index contributed by atoms with van der Waals surface area (Å²) in [6.45, 7) is 16.3. The van der Waals surface area contributed by atoms with E-state index in [2.05, 4.69) is 36.3 Å². The summed E-state index contributed by atoms with van der Waals surface area (Å²) >= 11 is 0. The molecule has 19 heavy (non-hydrogen) atoms. The van der Waals surface area contributed by atoms with Crippen LogP contribution in [0.1, 0.15) is 54.4 Å². The molecule has 1 atom stereocenters. The van der Waals surface area contributed by atoms with Gasteiger partial charge in [0.05, 0.1) is 6.54 Å². The van der Waals surface area contributed by atoms with Crippen LogP contribution in [0.15, 0.2) is 0 Å². The molecule has 0 aliphatic carbocycles. The minimum atomic E-state index is -0.148. The molecular weight excluding hydrogens is 238 g/mol. The van der Waals surface area contributed by atoms with E-state index >= 15 is 0 Å². The quantitative estimate of drug-likeness (QED) is 0.674. The Balaban J connectivity index is 3.70. The Morgan fingerprint density at radius 1 is 1.21 bits per heavy atom. The Labute approximate surface area is 119 Å². The predicted molar refractivity (Wildman–Crippen MR) is 82.4 cm³/mol. The molecule has 2 N–H and O–H groups in total. The summed E-state index contributed by atoms with van der Waals surface area (Å²) in [5, 5.41) is 6.24. The molecule has 4 heteroatoms. The van der Waals surface area contributed by atoms with Crippen molar-refractivity contribution in [3.8, 4) is 0 Å². The van der Waals surface area contributed by atoms with Gasteiger partial charge in [0.15, 0.2) is 0 Å².